The van der Waals surface area contributed by atoms with Crippen LogP contribution in [0, 0.1) is 18.7 Å². The smallest absolute Gasteiger partial charge is 0.253 e. The van der Waals surface area contributed by atoms with Gasteiger partial charge in [0.25, 0.3) is 5.91 Å². The largest absolute Gasteiger partial charge is 0.393 e. The summed E-state index contributed by atoms with van der Waals surface area (Å²) >= 11 is 0. The van der Waals surface area contributed by atoms with Gasteiger partial charge in [0.2, 0.25) is 0 Å². The van der Waals surface area contributed by atoms with Crippen molar-refractivity contribution in [2.24, 2.45) is 5.92 Å². The first-order valence-corrected chi connectivity index (χ1v) is 8.73. The quantitative estimate of drug-likeness (QED) is 0.899. The first-order valence-electron chi connectivity index (χ1n) is 8.73. The summed E-state index contributed by atoms with van der Waals surface area (Å²) in [7, 11) is 1.82. The monoisotopic (exact) mass is 336 g/mol. The zero-order valence-corrected chi connectivity index (χ0v) is 15.1. The number of amides is 1. The summed E-state index contributed by atoms with van der Waals surface area (Å²) in [5.41, 5.74) is 1.01. The van der Waals surface area contributed by atoms with Crippen molar-refractivity contribution in [1.29, 1.82) is 0 Å². The lowest BCUT2D eigenvalue weighted by molar-refractivity contribution is 0.0473. The van der Waals surface area contributed by atoms with E-state index in [1.807, 2.05) is 7.05 Å². The van der Waals surface area contributed by atoms with Gasteiger partial charge >= 0.3 is 0 Å². The second kappa shape index (κ2) is 8.08. The summed E-state index contributed by atoms with van der Waals surface area (Å²) < 4.78 is 13.4. The molecule has 1 heterocycles. The SMILES string of the molecule is Cc1cc(C(=O)N(C)[C@@H](CN2CCC(O)CC2)C(C)C)ccc1F. The molecule has 1 amide bonds. The number of hydrogen-bond donors (Lipinski definition) is 1. The minimum Gasteiger partial charge on any atom is -0.393 e. The highest BCUT2D eigenvalue weighted by Crippen LogP contribution is 2.19. The van der Waals surface area contributed by atoms with Crippen molar-refractivity contribution in [1.82, 2.24) is 9.80 Å². The maximum Gasteiger partial charge on any atom is 0.253 e. The number of halogens is 1. The van der Waals surface area contributed by atoms with E-state index in [1.54, 1.807) is 24.0 Å². The third kappa shape index (κ3) is 4.54. The predicted molar refractivity (Wildman–Crippen MR) is 93.5 cm³/mol. The fraction of sp³-hybridized carbons (Fsp3) is 0.632. The number of likely N-dealkylation sites (tertiary alicyclic amines) is 1. The van der Waals surface area contributed by atoms with Crippen LogP contribution in [-0.4, -0.2) is 59.6 Å². The first kappa shape index (κ1) is 18.9. The highest BCUT2D eigenvalue weighted by molar-refractivity contribution is 5.94. The van der Waals surface area contributed by atoms with Crippen LogP contribution < -0.4 is 0 Å². The molecule has 24 heavy (non-hydrogen) atoms. The molecule has 1 aliphatic heterocycles. The van der Waals surface area contributed by atoms with Crippen LogP contribution in [0.15, 0.2) is 18.2 Å². The molecule has 1 atom stereocenters. The van der Waals surface area contributed by atoms with Crippen LogP contribution in [0.4, 0.5) is 4.39 Å². The number of carbonyl (C=O) groups excluding carboxylic acids is 1. The molecular formula is C19H29FN2O2. The molecule has 0 radical (unpaired) electrons. The van der Waals surface area contributed by atoms with Gasteiger partial charge in [-0.25, -0.2) is 4.39 Å². The Kier molecular flexibility index (Phi) is 6.35. The van der Waals surface area contributed by atoms with Crippen molar-refractivity contribution in [3.8, 4) is 0 Å². The number of piperidine rings is 1. The third-order valence-electron chi connectivity index (χ3n) is 4.99. The zero-order chi connectivity index (χ0) is 17.9. The van der Waals surface area contributed by atoms with Crippen molar-refractivity contribution >= 4 is 5.91 Å². The highest BCUT2D eigenvalue weighted by atomic mass is 19.1. The third-order valence-corrected chi connectivity index (χ3v) is 4.99. The number of carbonyl (C=O) groups is 1. The van der Waals surface area contributed by atoms with Crippen LogP contribution in [0.1, 0.15) is 42.6 Å². The van der Waals surface area contributed by atoms with Crippen LogP contribution in [0.2, 0.25) is 0 Å². The van der Waals surface area contributed by atoms with E-state index in [-0.39, 0.29) is 23.9 Å². The number of likely N-dealkylation sites (N-methyl/N-ethyl adjacent to an activating group) is 1. The number of aliphatic hydroxyl groups is 1. The summed E-state index contributed by atoms with van der Waals surface area (Å²) in [6.07, 6.45) is 1.39. The molecule has 0 aliphatic carbocycles. The molecule has 1 aliphatic rings. The fourth-order valence-corrected chi connectivity index (χ4v) is 3.28. The standard InChI is InChI=1S/C19H29FN2O2/c1-13(2)18(12-22-9-7-16(23)8-10-22)21(4)19(24)15-5-6-17(20)14(3)11-15/h5-6,11,13,16,18,23H,7-10,12H2,1-4H3/t18-/m0/s1. The van der Waals surface area contributed by atoms with Crippen molar-refractivity contribution in [2.75, 3.05) is 26.7 Å². The lowest BCUT2D eigenvalue weighted by Gasteiger charge is -2.38. The van der Waals surface area contributed by atoms with Crippen molar-refractivity contribution in [3.05, 3.63) is 35.1 Å². The highest BCUT2D eigenvalue weighted by Gasteiger charge is 2.28. The van der Waals surface area contributed by atoms with E-state index in [4.69, 9.17) is 0 Å². The molecule has 4 nitrogen and oxygen atoms in total. The molecule has 1 saturated heterocycles. The Hall–Kier alpha value is -1.46. The maximum atomic E-state index is 13.4. The Labute approximate surface area is 144 Å². The summed E-state index contributed by atoms with van der Waals surface area (Å²) in [4.78, 5) is 16.9. The number of hydrogen-bond acceptors (Lipinski definition) is 3. The predicted octanol–water partition coefficient (Wildman–Crippen LogP) is 2.69. The number of aliphatic hydroxyl groups excluding tert-OH is 1. The van der Waals surface area contributed by atoms with E-state index in [1.165, 1.54) is 6.07 Å². The molecule has 2 rings (SSSR count). The van der Waals surface area contributed by atoms with Gasteiger partial charge in [-0.05, 0) is 49.4 Å². The van der Waals surface area contributed by atoms with Gasteiger partial charge < -0.3 is 14.9 Å². The van der Waals surface area contributed by atoms with Gasteiger partial charge in [0.1, 0.15) is 5.82 Å². The molecular weight excluding hydrogens is 307 g/mol. The van der Waals surface area contributed by atoms with Gasteiger partial charge in [0.15, 0.2) is 0 Å². The number of benzene rings is 1. The Morgan fingerprint density at radius 3 is 2.54 bits per heavy atom. The van der Waals surface area contributed by atoms with Crippen LogP contribution >= 0.6 is 0 Å². The van der Waals surface area contributed by atoms with Crippen molar-refractivity contribution in [3.63, 3.8) is 0 Å². The van der Waals surface area contributed by atoms with Crippen LogP contribution in [-0.2, 0) is 0 Å². The summed E-state index contributed by atoms with van der Waals surface area (Å²) in [5.74, 6) is -0.0531. The van der Waals surface area contributed by atoms with E-state index in [2.05, 4.69) is 18.7 Å². The second-order valence-electron chi connectivity index (χ2n) is 7.22. The molecule has 1 aromatic carbocycles. The van der Waals surface area contributed by atoms with E-state index in [0.717, 1.165) is 32.5 Å². The van der Waals surface area contributed by atoms with Crippen molar-refractivity contribution < 1.29 is 14.3 Å². The number of rotatable bonds is 5. The molecule has 1 fully saturated rings. The first-order chi connectivity index (χ1) is 11.3. The molecule has 0 aromatic heterocycles. The maximum absolute atomic E-state index is 13.4. The van der Waals surface area contributed by atoms with Gasteiger partial charge in [0, 0.05) is 38.3 Å². The summed E-state index contributed by atoms with van der Waals surface area (Å²) in [6.45, 7) is 8.42. The Morgan fingerprint density at radius 2 is 2.00 bits per heavy atom. The fourth-order valence-electron chi connectivity index (χ4n) is 3.28. The van der Waals surface area contributed by atoms with E-state index in [9.17, 15) is 14.3 Å². The minimum atomic E-state index is -0.290. The van der Waals surface area contributed by atoms with Crippen LogP contribution in [0.3, 0.4) is 0 Å². The normalized spacial score (nSPS) is 18.0. The molecule has 0 saturated carbocycles. The molecule has 0 unspecified atom stereocenters. The molecule has 0 bridgehead atoms. The lowest BCUT2D eigenvalue weighted by Crippen LogP contribution is -2.49. The Morgan fingerprint density at radius 1 is 1.38 bits per heavy atom. The minimum absolute atomic E-state index is 0.0751. The topological polar surface area (TPSA) is 43.8 Å². The molecule has 1 N–H and O–H groups in total. The summed E-state index contributed by atoms with van der Waals surface area (Å²) in [6, 6.07) is 4.60. The van der Waals surface area contributed by atoms with Gasteiger partial charge in [0.05, 0.1) is 6.10 Å². The van der Waals surface area contributed by atoms with Gasteiger partial charge in [-0.1, -0.05) is 13.8 Å². The Balaban J connectivity index is 2.08. The number of aryl methyl sites for hydroxylation is 1. The van der Waals surface area contributed by atoms with Crippen LogP contribution in [0.25, 0.3) is 0 Å². The average molecular weight is 336 g/mol. The van der Waals surface area contributed by atoms with Gasteiger partial charge in [-0.2, -0.15) is 0 Å². The van der Waals surface area contributed by atoms with E-state index < -0.39 is 0 Å². The lowest BCUT2D eigenvalue weighted by atomic mass is 9.99. The zero-order valence-electron chi connectivity index (χ0n) is 15.1. The molecule has 0 spiro atoms. The second-order valence-corrected chi connectivity index (χ2v) is 7.22. The summed E-state index contributed by atoms with van der Waals surface area (Å²) in [5, 5.41) is 9.64. The molecule has 5 heteroatoms. The van der Waals surface area contributed by atoms with Gasteiger partial charge in [-0.3, -0.25) is 4.79 Å². The van der Waals surface area contributed by atoms with Gasteiger partial charge in [-0.15, -0.1) is 0 Å². The van der Waals surface area contributed by atoms with E-state index in [0.29, 0.717) is 17.0 Å². The number of nitrogens with zero attached hydrogens (tertiary/aromatic N) is 2. The Bertz CT molecular complexity index is 568. The van der Waals surface area contributed by atoms with Crippen LogP contribution in [0.5, 0.6) is 0 Å². The van der Waals surface area contributed by atoms with Crippen molar-refractivity contribution in [2.45, 2.75) is 45.8 Å². The molecule has 134 valence electrons. The van der Waals surface area contributed by atoms with E-state index >= 15 is 0 Å². The molecule has 1 aromatic rings. The average Bonchev–Trinajstić information content (AvgIpc) is 2.55.